The number of amides is 1. The van der Waals surface area contributed by atoms with Crippen LogP contribution in [0.4, 0.5) is 0 Å². The highest BCUT2D eigenvalue weighted by molar-refractivity contribution is 9.10. The molecular weight excluding hydrogens is 270 g/mol. The Morgan fingerprint density at radius 3 is 2.81 bits per heavy atom. The minimum absolute atomic E-state index is 0.103. The van der Waals surface area contributed by atoms with E-state index in [9.17, 15) is 4.79 Å². The first-order valence-corrected chi connectivity index (χ1v) is 5.60. The van der Waals surface area contributed by atoms with Crippen LogP contribution in [-0.4, -0.2) is 5.91 Å². The Bertz CT molecular complexity index is 480. The standard InChI is InChI=1S/C12H10BrNO2/c13-11-4-2-1-3-10(11)12(15)14-7-9-5-6-16-8-9/h1-6,8H,7H2,(H,14,15). The molecule has 0 aliphatic carbocycles. The molecule has 2 rings (SSSR count). The van der Waals surface area contributed by atoms with Crippen LogP contribution in [0.15, 0.2) is 51.7 Å². The highest BCUT2D eigenvalue weighted by atomic mass is 79.9. The SMILES string of the molecule is O=C(NCc1ccoc1)c1ccccc1Br. The van der Waals surface area contributed by atoms with E-state index in [4.69, 9.17) is 4.42 Å². The van der Waals surface area contributed by atoms with Crippen LogP contribution < -0.4 is 5.32 Å². The molecule has 0 saturated heterocycles. The Labute approximate surface area is 102 Å². The quantitative estimate of drug-likeness (QED) is 0.939. The Kier molecular flexibility index (Phi) is 3.41. The van der Waals surface area contributed by atoms with E-state index in [-0.39, 0.29) is 5.91 Å². The molecular formula is C12H10BrNO2. The van der Waals surface area contributed by atoms with E-state index >= 15 is 0 Å². The summed E-state index contributed by atoms with van der Waals surface area (Å²) in [5.41, 5.74) is 1.58. The van der Waals surface area contributed by atoms with Gasteiger partial charge in [0.05, 0.1) is 18.1 Å². The zero-order valence-corrected chi connectivity index (χ0v) is 10.0. The fourth-order valence-corrected chi connectivity index (χ4v) is 1.78. The molecule has 0 atom stereocenters. The van der Waals surface area contributed by atoms with Gasteiger partial charge in [0.15, 0.2) is 0 Å². The summed E-state index contributed by atoms with van der Waals surface area (Å²) in [6.07, 6.45) is 3.19. The van der Waals surface area contributed by atoms with Crippen LogP contribution >= 0.6 is 15.9 Å². The van der Waals surface area contributed by atoms with E-state index in [1.165, 1.54) is 0 Å². The lowest BCUT2D eigenvalue weighted by atomic mass is 10.2. The van der Waals surface area contributed by atoms with Crippen LogP contribution in [0.3, 0.4) is 0 Å². The second-order valence-electron chi connectivity index (χ2n) is 3.29. The van der Waals surface area contributed by atoms with Crippen LogP contribution in [-0.2, 0) is 6.54 Å². The predicted molar refractivity (Wildman–Crippen MR) is 64.0 cm³/mol. The van der Waals surface area contributed by atoms with Crippen molar-refractivity contribution in [3.63, 3.8) is 0 Å². The minimum atomic E-state index is -0.103. The maximum Gasteiger partial charge on any atom is 0.252 e. The van der Waals surface area contributed by atoms with Gasteiger partial charge >= 0.3 is 0 Å². The van der Waals surface area contributed by atoms with Gasteiger partial charge in [-0.25, -0.2) is 0 Å². The van der Waals surface area contributed by atoms with Crippen LogP contribution in [0.25, 0.3) is 0 Å². The van der Waals surface area contributed by atoms with Crippen LogP contribution in [0, 0.1) is 0 Å². The second-order valence-corrected chi connectivity index (χ2v) is 4.15. The average molecular weight is 280 g/mol. The zero-order chi connectivity index (χ0) is 11.4. The van der Waals surface area contributed by atoms with Gasteiger partial charge in [-0.3, -0.25) is 4.79 Å². The molecule has 0 aliphatic rings. The van der Waals surface area contributed by atoms with Gasteiger partial charge in [-0.15, -0.1) is 0 Å². The molecule has 82 valence electrons. The predicted octanol–water partition coefficient (Wildman–Crippen LogP) is 2.97. The summed E-state index contributed by atoms with van der Waals surface area (Å²) in [5.74, 6) is -0.103. The lowest BCUT2D eigenvalue weighted by Crippen LogP contribution is -2.22. The fraction of sp³-hybridized carbons (Fsp3) is 0.0833. The molecule has 1 amide bonds. The number of nitrogens with one attached hydrogen (secondary N) is 1. The Balaban J connectivity index is 2.01. The monoisotopic (exact) mass is 279 g/mol. The maximum atomic E-state index is 11.8. The van der Waals surface area contributed by atoms with E-state index in [0.717, 1.165) is 10.0 Å². The Morgan fingerprint density at radius 2 is 2.12 bits per heavy atom. The van der Waals surface area contributed by atoms with Crippen molar-refractivity contribution in [3.05, 3.63) is 58.5 Å². The van der Waals surface area contributed by atoms with Gasteiger partial charge in [0.2, 0.25) is 0 Å². The first-order chi connectivity index (χ1) is 7.77. The third kappa shape index (κ3) is 2.52. The summed E-state index contributed by atoms with van der Waals surface area (Å²) >= 11 is 3.34. The number of halogens is 1. The molecule has 1 N–H and O–H groups in total. The van der Waals surface area contributed by atoms with Crippen molar-refractivity contribution in [2.75, 3.05) is 0 Å². The van der Waals surface area contributed by atoms with Gasteiger partial charge in [0, 0.05) is 16.6 Å². The number of carbonyl (C=O) groups excluding carboxylic acids is 1. The Hall–Kier alpha value is -1.55. The summed E-state index contributed by atoms with van der Waals surface area (Å²) in [5, 5.41) is 2.81. The number of hydrogen-bond donors (Lipinski definition) is 1. The van der Waals surface area contributed by atoms with E-state index in [1.807, 2.05) is 24.3 Å². The number of furan rings is 1. The van der Waals surface area contributed by atoms with Crippen molar-refractivity contribution < 1.29 is 9.21 Å². The molecule has 1 aromatic heterocycles. The summed E-state index contributed by atoms with van der Waals surface area (Å²) in [6, 6.07) is 9.14. The molecule has 0 fully saturated rings. The maximum absolute atomic E-state index is 11.8. The van der Waals surface area contributed by atoms with Crippen molar-refractivity contribution in [2.45, 2.75) is 6.54 Å². The van der Waals surface area contributed by atoms with Crippen LogP contribution in [0.5, 0.6) is 0 Å². The molecule has 2 aromatic rings. The number of benzene rings is 1. The lowest BCUT2D eigenvalue weighted by molar-refractivity contribution is 0.0950. The topological polar surface area (TPSA) is 42.2 Å². The third-order valence-corrected chi connectivity index (χ3v) is 2.84. The van der Waals surface area contributed by atoms with Crippen LogP contribution in [0.1, 0.15) is 15.9 Å². The molecule has 0 radical (unpaired) electrons. The minimum Gasteiger partial charge on any atom is -0.472 e. The van der Waals surface area contributed by atoms with E-state index in [1.54, 1.807) is 18.6 Å². The van der Waals surface area contributed by atoms with Gasteiger partial charge in [-0.1, -0.05) is 12.1 Å². The molecule has 0 bridgehead atoms. The number of hydrogen-bond acceptors (Lipinski definition) is 2. The third-order valence-electron chi connectivity index (χ3n) is 2.15. The molecule has 0 aliphatic heterocycles. The van der Waals surface area contributed by atoms with Gasteiger partial charge in [0.25, 0.3) is 5.91 Å². The molecule has 0 saturated carbocycles. The smallest absolute Gasteiger partial charge is 0.252 e. The van der Waals surface area contributed by atoms with Crippen molar-refractivity contribution in [3.8, 4) is 0 Å². The molecule has 1 heterocycles. The van der Waals surface area contributed by atoms with E-state index < -0.39 is 0 Å². The van der Waals surface area contributed by atoms with Gasteiger partial charge in [-0.05, 0) is 34.1 Å². The van der Waals surface area contributed by atoms with Crippen molar-refractivity contribution >= 4 is 21.8 Å². The normalized spacial score (nSPS) is 10.1. The first kappa shape index (κ1) is 11.0. The van der Waals surface area contributed by atoms with Gasteiger partial charge in [0.1, 0.15) is 0 Å². The summed E-state index contributed by atoms with van der Waals surface area (Å²) in [7, 11) is 0. The summed E-state index contributed by atoms with van der Waals surface area (Å²) in [6.45, 7) is 0.469. The van der Waals surface area contributed by atoms with Crippen molar-refractivity contribution in [1.82, 2.24) is 5.32 Å². The molecule has 4 heteroatoms. The number of carbonyl (C=O) groups is 1. The largest absolute Gasteiger partial charge is 0.472 e. The van der Waals surface area contributed by atoms with E-state index in [2.05, 4.69) is 21.2 Å². The molecule has 3 nitrogen and oxygen atoms in total. The molecule has 1 aromatic carbocycles. The van der Waals surface area contributed by atoms with Crippen molar-refractivity contribution in [2.24, 2.45) is 0 Å². The van der Waals surface area contributed by atoms with Crippen molar-refractivity contribution in [1.29, 1.82) is 0 Å². The molecule has 0 unspecified atom stereocenters. The van der Waals surface area contributed by atoms with Crippen LogP contribution in [0.2, 0.25) is 0 Å². The average Bonchev–Trinajstić information content (AvgIpc) is 2.79. The van der Waals surface area contributed by atoms with Gasteiger partial charge in [-0.2, -0.15) is 0 Å². The second kappa shape index (κ2) is 4.99. The summed E-state index contributed by atoms with van der Waals surface area (Å²) in [4.78, 5) is 11.8. The van der Waals surface area contributed by atoms with Gasteiger partial charge < -0.3 is 9.73 Å². The Morgan fingerprint density at radius 1 is 1.31 bits per heavy atom. The zero-order valence-electron chi connectivity index (χ0n) is 8.44. The molecule has 0 spiro atoms. The summed E-state index contributed by atoms with van der Waals surface area (Å²) < 4.78 is 5.71. The first-order valence-electron chi connectivity index (χ1n) is 4.81. The van der Waals surface area contributed by atoms with E-state index in [0.29, 0.717) is 12.1 Å². The fourth-order valence-electron chi connectivity index (χ4n) is 1.32. The number of rotatable bonds is 3. The highest BCUT2D eigenvalue weighted by Crippen LogP contribution is 2.15. The lowest BCUT2D eigenvalue weighted by Gasteiger charge is -2.05. The highest BCUT2D eigenvalue weighted by Gasteiger charge is 2.08. The molecule has 16 heavy (non-hydrogen) atoms.